The largest absolute Gasteiger partial charge is 0.494 e. The van der Waals surface area contributed by atoms with Crippen molar-refractivity contribution in [1.82, 2.24) is 14.8 Å². The summed E-state index contributed by atoms with van der Waals surface area (Å²) in [6.07, 6.45) is 0. The summed E-state index contributed by atoms with van der Waals surface area (Å²) in [5, 5.41) is 21.3. The fourth-order valence-electron chi connectivity index (χ4n) is 3.68. The van der Waals surface area contributed by atoms with E-state index in [4.69, 9.17) is 44.3 Å². The Labute approximate surface area is 239 Å². The van der Waals surface area contributed by atoms with Gasteiger partial charge in [-0.2, -0.15) is 0 Å². The molecule has 0 fully saturated rings. The molecule has 12 heteroatoms. The second-order valence-electron chi connectivity index (χ2n) is 8.13. The van der Waals surface area contributed by atoms with Crippen LogP contribution in [0.15, 0.2) is 65.8 Å². The van der Waals surface area contributed by atoms with Crippen LogP contribution in [0.4, 0.5) is 0 Å². The maximum absolute atomic E-state index is 11.6. The number of ether oxygens (including phenoxy) is 2. The third-order valence-electron chi connectivity index (χ3n) is 5.49. The molecule has 1 aromatic heterocycles. The van der Waals surface area contributed by atoms with Gasteiger partial charge in [0.1, 0.15) is 29.2 Å². The zero-order valence-corrected chi connectivity index (χ0v) is 23.5. The van der Waals surface area contributed by atoms with E-state index in [-0.39, 0.29) is 18.1 Å². The lowest BCUT2D eigenvalue weighted by Crippen LogP contribution is -2.11. The summed E-state index contributed by atoms with van der Waals surface area (Å²) in [5.74, 6) is 1.83. The molecule has 0 bridgehead atoms. The standard InChI is InChI=1S/C26H23Cl3N4O4S/c1-3-36-21-9-7-20(8-10-21)33-16(2)30-31-26(33)38-25(14-32(34)35)17-5-11-24(23(29)12-17)37-15-18-4-6-19(27)13-22(18)28/h4-13,25H,3,14-15H2,1-2H3/t25-/m0/s1. The molecule has 0 saturated heterocycles. The minimum atomic E-state index is -0.577. The van der Waals surface area contributed by atoms with Crippen LogP contribution in [-0.2, 0) is 6.61 Å². The molecule has 4 aromatic rings. The molecule has 4 rings (SSSR count). The van der Waals surface area contributed by atoms with Crippen LogP contribution in [0.2, 0.25) is 15.1 Å². The van der Waals surface area contributed by atoms with Crippen LogP contribution >= 0.6 is 46.6 Å². The van der Waals surface area contributed by atoms with Gasteiger partial charge in [-0.3, -0.25) is 14.7 Å². The predicted molar refractivity (Wildman–Crippen MR) is 150 cm³/mol. The first-order valence-corrected chi connectivity index (χ1v) is 13.6. The number of nitrogens with zero attached hydrogens (tertiary/aromatic N) is 4. The van der Waals surface area contributed by atoms with Crippen molar-refractivity contribution in [1.29, 1.82) is 0 Å². The maximum atomic E-state index is 11.6. The Morgan fingerprint density at radius 1 is 1.00 bits per heavy atom. The zero-order valence-electron chi connectivity index (χ0n) is 20.4. The highest BCUT2D eigenvalue weighted by atomic mass is 35.5. The number of hydrogen-bond donors (Lipinski definition) is 0. The molecule has 0 spiro atoms. The molecule has 0 unspecified atom stereocenters. The normalized spacial score (nSPS) is 11.8. The van der Waals surface area contributed by atoms with E-state index in [0.717, 1.165) is 17.0 Å². The van der Waals surface area contributed by atoms with Crippen LogP contribution < -0.4 is 9.47 Å². The van der Waals surface area contributed by atoms with Crippen molar-refractivity contribution < 1.29 is 14.4 Å². The summed E-state index contributed by atoms with van der Waals surface area (Å²) in [6, 6.07) is 17.8. The van der Waals surface area contributed by atoms with Crippen molar-refractivity contribution in [2.45, 2.75) is 30.9 Å². The third-order valence-corrected chi connectivity index (χ3v) is 7.55. The molecular weight excluding hydrogens is 571 g/mol. The van der Waals surface area contributed by atoms with E-state index in [1.165, 1.54) is 11.8 Å². The van der Waals surface area contributed by atoms with Gasteiger partial charge >= 0.3 is 0 Å². The van der Waals surface area contributed by atoms with E-state index in [0.29, 0.717) is 44.0 Å². The highest BCUT2D eigenvalue weighted by molar-refractivity contribution is 7.99. The van der Waals surface area contributed by atoms with Crippen molar-refractivity contribution in [2.75, 3.05) is 13.2 Å². The zero-order chi connectivity index (χ0) is 27.2. The van der Waals surface area contributed by atoms with Crippen molar-refractivity contribution in [2.24, 2.45) is 0 Å². The molecule has 0 aliphatic rings. The number of rotatable bonds is 11. The van der Waals surface area contributed by atoms with Gasteiger partial charge in [0.25, 0.3) is 0 Å². The highest BCUT2D eigenvalue weighted by Gasteiger charge is 2.25. The molecule has 1 heterocycles. The number of hydrogen-bond acceptors (Lipinski definition) is 7. The number of thioether (sulfide) groups is 1. The second kappa shape index (κ2) is 12.7. The smallest absolute Gasteiger partial charge is 0.220 e. The summed E-state index contributed by atoms with van der Waals surface area (Å²) in [5.41, 5.74) is 2.23. The van der Waals surface area contributed by atoms with Crippen LogP contribution in [0.3, 0.4) is 0 Å². The fraction of sp³-hybridized carbons (Fsp3) is 0.231. The number of benzene rings is 3. The van der Waals surface area contributed by atoms with E-state index in [9.17, 15) is 10.1 Å². The Hall–Kier alpha value is -2.98. The molecule has 0 radical (unpaired) electrons. The van der Waals surface area contributed by atoms with E-state index >= 15 is 0 Å². The Morgan fingerprint density at radius 3 is 2.42 bits per heavy atom. The summed E-state index contributed by atoms with van der Waals surface area (Å²) < 4.78 is 13.2. The lowest BCUT2D eigenvalue weighted by molar-refractivity contribution is -0.479. The van der Waals surface area contributed by atoms with E-state index in [1.54, 1.807) is 36.4 Å². The first-order valence-electron chi connectivity index (χ1n) is 11.5. The van der Waals surface area contributed by atoms with Crippen molar-refractivity contribution in [3.8, 4) is 17.2 Å². The molecular formula is C26H23Cl3N4O4S. The number of nitro groups is 1. The van der Waals surface area contributed by atoms with E-state index in [1.807, 2.05) is 42.7 Å². The Morgan fingerprint density at radius 2 is 1.76 bits per heavy atom. The molecule has 0 aliphatic heterocycles. The highest BCUT2D eigenvalue weighted by Crippen LogP contribution is 2.39. The maximum Gasteiger partial charge on any atom is 0.220 e. The van der Waals surface area contributed by atoms with Gasteiger partial charge in [0.2, 0.25) is 6.54 Å². The second-order valence-corrected chi connectivity index (χ2v) is 10.5. The van der Waals surface area contributed by atoms with Crippen LogP contribution in [0.25, 0.3) is 5.69 Å². The minimum Gasteiger partial charge on any atom is -0.494 e. The Kier molecular flexibility index (Phi) is 9.38. The third kappa shape index (κ3) is 6.91. The molecule has 0 N–H and O–H groups in total. The fourth-order valence-corrected chi connectivity index (χ4v) is 5.55. The summed E-state index contributed by atoms with van der Waals surface area (Å²) in [6.45, 7) is 4.16. The van der Waals surface area contributed by atoms with Gasteiger partial charge in [-0.25, -0.2) is 0 Å². The molecule has 198 valence electrons. The van der Waals surface area contributed by atoms with Crippen molar-refractivity contribution in [3.05, 3.63) is 103 Å². The van der Waals surface area contributed by atoms with Gasteiger partial charge in [0.15, 0.2) is 5.16 Å². The Bertz CT molecular complexity index is 1430. The molecule has 0 aliphatic carbocycles. The monoisotopic (exact) mass is 592 g/mol. The number of aromatic nitrogens is 3. The number of halogens is 3. The molecule has 3 aromatic carbocycles. The first-order chi connectivity index (χ1) is 18.2. The predicted octanol–water partition coefficient (Wildman–Crippen LogP) is 7.62. The quantitative estimate of drug-likeness (QED) is 0.100. The van der Waals surface area contributed by atoms with E-state index in [2.05, 4.69) is 10.2 Å². The van der Waals surface area contributed by atoms with Crippen molar-refractivity contribution in [3.63, 3.8) is 0 Å². The van der Waals surface area contributed by atoms with Gasteiger partial charge in [-0.05, 0) is 67.9 Å². The van der Waals surface area contributed by atoms with Crippen LogP contribution in [0.5, 0.6) is 11.5 Å². The topological polar surface area (TPSA) is 92.3 Å². The van der Waals surface area contributed by atoms with Gasteiger partial charge in [0, 0.05) is 26.2 Å². The molecule has 1 atom stereocenters. The van der Waals surface area contributed by atoms with Crippen molar-refractivity contribution >= 4 is 46.6 Å². The Balaban J connectivity index is 1.56. The van der Waals surface area contributed by atoms with Crippen LogP contribution in [-0.4, -0.2) is 32.8 Å². The van der Waals surface area contributed by atoms with E-state index < -0.39 is 5.25 Å². The minimum absolute atomic E-state index is 0.187. The molecule has 38 heavy (non-hydrogen) atoms. The average Bonchev–Trinajstić information content (AvgIpc) is 3.24. The number of aryl methyl sites for hydroxylation is 1. The lowest BCUT2D eigenvalue weighted by Gasteiger charge is -2.16. The van der Waals surface area contributed by atoms with Crippen LogP contribution in [0, 0.1) is 17.0 Å². The average molecular weight is 594 g/mol. The summed E-state index contributed by atoms with van der Waals surface area (Å²) >= 11 is 19.9. The van der Waals surface area contributed by atoms with Gasteiger partial charge in [-0.15, -0.1) is 10.2 Å². The van der Waals surface area contributed by atoms with Gasteiger partial charge < -0.3 is 9.47 Å². The van der Waals surface area contributed by atoms with Gasteiger partial charge in [-0.1, -0.05) is 58.7 Å². The molecule has 8 nitrogen and oxygen atoms in total. The van der Waals surface area contributed by atoms with Crippen LogP contribution in [0.1, 0.15) is 29.1 Å². The lowest BCUT2D eigenvalue weighted by atomic mass is 10.1. The van der Waals surface area contributed by atoms with Gasteiger partial charge in [0.05, 0.1) is 11.6 Å². The molecule has 0 saturated carbocycles. The summed E-state index contributed by atoms with van der Waals surface area (Å²) in [4.78, 5) is 11.2. The first kappa shape index (κ1) is 28.0. The summed E-state index contributed by atoms with van der Waals surface area (Å²) in [7, 11) is 0. The molecule has 0 amide bonds. The SMILES string of the molecule is CCOc1ccc(-n2c(C)nnc2S[C@@H](C[N+](=O)[O-])c2ccc(OCc3ccc(Cl)cc3Cl)c(Cl)c2)cc1.